The van der Waals surface area contributed by atoms with Gasteiger partial charge in [0.1, 0.15) is 0 Å². The number of allylic oxidation sites excluding steroid dienone is 2. The molecule has 0 N–H and O–H groups in total. The number of rotatable bonds is 12. The molecule has 0 saturated carbocycles. The lowest BCUT2D eigenvalue weighted by Gasteiger charge is -2.43. The molecule has 0 radical (unpaired) electrons. The minimum atomic E-state index is -1.92. The van der Waals surface area contributed by atoms with E-state index in [9.17, 15) is 0 Å². The summed E-state index contributed by atoms with van der Waals surface area (Å²) < 4.78 is 7.06. The molecule has 1 atom stereocenters. The molecule has 0 amide bonds. The zero-order valence-corrected chi connectivity index (χ0v) is 20.7. The van der Waals surface area contributed by atoms with Crippen LogP contribution in [0.15, 0.2) is 48.2 Å². The van der Waals surface area contributed by atoms with Crippen molar-refractivity contribution in [3.63, 3.8) is 0 Å². The Balaban J connectivity index is 3.10. The van der Waals surface area contributed by atoms with E-state index in [1.165, 1.54) is 30.6 Å². The van der Waals surface area contributed by atoms with Gasteiger partial charge < -0.3 is 4.43 Å². The molecule has 1 nitrogen and oxygen atoms in total. The van der Waals surface area contributed by atoms with Gasteiger partial charge in [-0.25, -0.2) is 0 Å². The normalized spacial score (nSPS) is 14.5. The fourth-order valence-corrected chi connectivity index (χ4v) is 9.84. The van der Waals surface area contributed by atoms with E-state index in [1.54, 1.807) is 0 Å². The van der Waals surface area contributed by atoms with E-state index in [4.69, 9.17) is 4.43 Å². The highest BCUT2D eigenvalue weighted by molar-refractivity contribution is 6.77. The Morgan fingerprint density at radius 3 is 2.00 bits per heavy atom. The molecular weight excluding hydrogens is 356 g/mol. The highest BCUT2D eigenvalue weighted by Crippen LogP contribution is 2.44. The molecule has 0 heterocycles. The molecule has 158 valence electrons. The molecule has 0 aromatic heterocycles. The van der Waals surface area contributed by atoms with Crippen LogP contribution in [0, 0.1) is 5.92 Å². The van der Waals surface area contributed by atoms with Crippen LogP contribution in [0.5, 0.6) is 0 Å². The average Bonchev–Trinajstić information content (AvgIpc) is 2.64. The van der Waals surface area contributed by atoms with Crippen molar-refractivity contribution in [3.8, 4) is 0 Å². The van der Waals surface area contributed by atoms with E-state index in [1.807, 2.05) is 0 Å². The van der Waals surface area contributed by atoms with Crippen LogP contribution in [0.25, 0.3) is 6.08 Å². The molecule has 1 aromatic rings. The van der Waals surface area contributed by atoms with E-state index in [0.29, 0.717) is 22.5 Å². The van der Waals surface area contributed by atoms with Gasteiger partial charge in [-0.3, -0.25) is 0 Å². The van der Waals surface area contributed by atoms with E-state index >= 15 is 0 Å². The summed E-state index contributed by atoms with van der Waals surface area (Å²) in [6.45, 7) is 18.8. The SMILES string of the molecule is CCCCC(C)/C=C(/C/C=C/c1ccccc1)O[Si](C(C)C)(C(C)C)C(C)C. The summed E-state index contributed by atoms with van der Waals surface area (Å²) in [5.74, 6) is 1.76. The van der Waals surface area contributed by atoms with Crippen LogP contribution in [0.3, 0.4) is 0 Å². The zero-order chi connectivity index (χ0) is 21.2. The molecule has 28 heavy (non-hydrogen) atoms. The lowest BCUT2D eigenvalue weighted by atomic mass is 10.0. The van der Waals surface area contributed by atoms with E-state index < -0.39 is 8.32 Å². The quantitative estimate of drug-likeness (QED) is 0.251. The van der Waals surface area contributed by atoms with Crippen molar-refractivity contribution < 1.29 is 4.43 Å². The standard InChI is InChI=1S/C26H44OSi/c1-9-10-15-24(8)20-26(19-14-18-25-16-12-11-13-17-25)27-28(21(2)3,22(4)5)23(6)7/h11-14,16-18,20-24H,9-10,15,19H2,1-8H3/b18-14+,26-20-. The first kappa shape index (κ1) is 24.8. The Bertz CT molecular complexity index is 576. The van der Waals surface area contributed by atoms with Crippen LogP contribution in [0.2, 0.25) is 16.6 Å². The number of hydrogen-bond donors (Lipinski definition) is 0. The van der Waals surface area contributed by atoms with Crippen molar-refractivity contribution in [2.45, 2.75) is 97.7 Å². The van der Waals surface area contributed by atoms with Crippen LogP contribution in [0.4, 0.5) is 0 Å². The van der Waals surface area contributed by atoms with Gasteiger partial charge in [0.2, 0.25) is 0 Å². The topological polar surface area (TPSA) is 9.23 Å². The predicted molar refractivity (Wildman–Crippen MR) is 129 cm³/mol. The second-order valence-corrected chi connectivity index (χ2v) is 14.6. The highest BCUT2D eigenvalue weighted by Gasteiger charge is 2.47. The van der Waals surface area contributed by atoms with Crippen molar-refractivity contribution in [2.75, 3.05) is 0 Å². The van der Waals surface area contributed by atoms with Crippen molar-refractivity contribution >= 4 is 14.4 Å². The van der Waals surface area contributed by atoms with Crippen molar-refractivity contribution in [3.05, 3.63) is 53.8 Å². The third kappa shape index (κ3) is 7.27. The Kier molecular flexibility index (Phi) is 10.9. The summed E-state index contributed by atoms with van der Waals surface area (Å²) >= 11 is 0. The molecule has 0 saturated heterocycles. The number of unbranched alkanes of at least 4 members (excludes halogenated alkanes) is 1. The largest absolute Gasteiger partial charge is 0.546 e. The second kappa shape index (κ2) is 12.3. The fraction of sp³-hybridized carbons (Fsp3) is 0.615. The van der Waals surface area contributed by atoms with Crippen molar-refractivity contribution in [1.29, 1.82) is 0 Å². The number of benzene rings is 1. The van der Waals surface area contributed by atoms with Gasteiger partial charge >= 0.3 is 0 Å². The molecular formula is C26H44OSi. The lowest BCUT2D eigenvalue weighted by Crippen LogP contribution is -2.47. The molecule has 1 rings (SSSR count). The summed E-state index contributed by atoms with van der Waals surface area (Å²) in [7, 11) is -1.92. The van der Waals surface area contributed by atoms with E-state index in [-0.39, 0.29) is 0 Å². The monoisotopic (exact) mass is 400 g/mol. The van der Waals surface area contributed by atoms with Gasteiger partial charge in [0.25, 0.3) is 8.32 Å². The van der Waals surface area contributed by atoms with Gasteiger partial charge in [0.05, 0.1) is 5.76 Å². The van der Waals surface area contributed by atoms with Gasteiger partial charge in [0, 0.05) is 6.42 Å². The molecule has 0 aliphatic rings. The fourth-order valence-electron chi connectivity index (χ4n) is 4.53. The summed E-state index contributed by atoms with van der Waals surface area (Å²) in [5.41, 5.74) is 3.04. The highest BCUT2D eigenvalue weighted by atomic mass is 28.4. The Morgan fingerprint density at radius 2 is 1.50 bits per heavy atom. The molecule has 0 aliphatic heterocycles. The van der Waals surface area contributed by atoms with Gasteiger partial charge in [-0.1, -0.05) is 111 Å². The molecule has 1 aromatic carbocycles. The minimum Gasteiger partial charge on any atom is -0.546 e. The first-order chi connectivity index (χ1) is 13.2. The van der Waals surface area contributed by atoms with Crippen LogP contribution in [0.1, 0.15) is 86.6 Å². The van der Waals surface area contributed by atoms with Gasteiger partial charge in [-0.2, -0.15) is 0 Å². The Morgan fingerprint density at radius 1 is 0.929 bits per heavy atom. The lowest BCUT2D eigenvalue weighted by molar-refractivity contribution is 0.357. The predicted octanol–water partition coefficient (Wildman–Crippen LogP) is 8.99. The van der Waals surface area contributed by atoms with E-state index in [0.717, 1.165) is 6.42 Å². The van der Waals surface area contributed by atoms with Crippen LogP contribution in [-0.2, 0) is 4.43 Å². The summed E-state index contributed by atoms with van der Waals surface area (Å²) in [5, 5.41) is 0. The molecule has 0 fully saturated rings. The maximum absolute atomic E-state index is 7.06. The van der Waals surface area contributed by atoms with Crippen molar-refractivity contribution in [2.24, 2.45) is 5.92 Å². The van der Waals surface area contributed by atoms with Crippen LogP contribution < -0.4 is 0 Å². The summed E-state index contributed by atoms with van der Waals surface area (Å²) in [4.78, 5) is 0. The third-order valence-corrected chi connectivity index (χ3v) is 12.0. The number of hydrogen-bond acceptors (Lipinski definition) is 1. The van der Waals surface area contributed by atoms with Crippen molar-refractivity contribution in [1.82, 2.24) is 0 Å². The first-order valence-corrected chi connectivity index (χ1v) is 13.5. The maximum atomic E-state index is 7.06. The summed E-state index contributed by atoms with van der Waals surface area (Å²) in [6.07, 6.45) is 11.6. The third-order valence-electron chi connectivity index (χ3n) is 5.93. The Labute approximate surface area is 176 Å². The molecule has 0 aliphatic carbocycles. The van der Waals surface area contributed by atoms with Crippen LogP contribution in [-0.4, -0.2) is 8.32 Å². The van der Waals surface area contributed by atoms with E-state index in [2.05, 4.69) is 104 Å². The minimum absolute atomic E-state index is 0.568. The second-order valence-electron chi connectivity index (χ2n) is 9.19. The van der Waals surface area contributed by atoms with Gasteiger partial charge in [-0.05, 0) is 40.6 Å². The van der Waals surface area contributed by atoms with Crippen LogP contribution >= 0.6 is 0 Å². The Hall–Kier alpha value is -1.28. The molecule has 1 unspecified atom stereocenters. The van der Waals surface area contributed by atoms with Gasteiger partial charge in [0.15, 0.2) is 0 Å². The zero-order valence-electron chi connectivity index (χ0n) is 19.7. The average molecular weight is 401 g/mol. The van der Waals surface area contributed by atoms with Gasteiger partial charge in [-0.15, -0.1) is 0 Å². The molecule has 2 heteroatoms. The molecule has 0 bridgehead atoms. The maximum Gasteiger partial charge on any atom is 0.258 e. The summed E-state index contributed by atoms with van der Waals surface area (Å²) in [6, 6.07) is 10.6. The first-order valence-electron chi connectivity index (χ1n) is 11.3. The molecule has 0 spiro atoms. The smallest absolute Gasteiger partial charge is 0.258 e.